The van der Waals surface area contributed by atoms with Gasteiger partial charge in [0.2, 0.25) is 0 Å². The van der Waals surface area contributed by atoms with Gasteiger partial charge < -0.3 is 21.1 Å². The second-order valence-corrected chi connectivity index (χ2v) is 7.01. The van der Waals surface area contributed by atoms with Crippen LogP contribution in [0.4, 0.5) is 23.0 Å². The first kappa shape index (κ1) is 20.6. The van der Waals surface area contributed by atoms with Crippen LogP contribution >= 0.6 is 11.9 Å². The number of carbonyl (C=O) groups is 1. The van der Waals surface area contributed by atoms with Crippen LogP contribution in [0.5, 0.6) is 0 Å². The molecular formula is C20H22N6O2S. The van der Waals surface area contributed by atoms with E-state index in [2.05, 4.69) is 30.6 Å². The molecule has 150 valence electrons. The largest absolute Gasteiger partial charge is 0.395 e. The Morgan fingerprint density at radius 1 is 1.00 bits per heavy atom. The van der Waals surface area contributed by atoms with E-state index in [-0.39, 0.29) is 19.1 Å². The average molecular weight is 411 g/mol. The Balaban J connectivity index is 1.65. The second kappa shape index (κ2) is 10.4. The van der Waals surface area contributed by atoms with Crippen molar-refractivity contribution in [2.24, 2.45) is 0 Å². The predicted molar refractivity (Wildman–Crippen MR) is 116 cm³/mol. The molecule has 3 aromatic rings. The molecule has 0 saturated carbocycles. The molecule has 1 heterocycles. The van der Waals surface area contributed by atoms with Gasteiger partial charge in [-0.05, 0) is 61.5 Å². The molecule has 2 aromatic carbocycles. The lowest BCUT2D eigenvalue weighted by atomic mass is 10.2. The van der Waals surface area contributed by atoms with E-state index >= 15 is 0 Å². The number of aliphatic hydroxyl groups excluding tert-OH is 1. The van der Waals surface area contributed by atoms with Crippen LogP contribution in [-0.4, -0.2) is 41.2 Å². The summed E-state index contributed by atoms with van der Waals surface area (Å²) in [6.07, 6.45) is 1.48. The maximum absolute atomic E-state index is 11.9. The van der Waals surface area contributed by atoms with Gasteiger partial charge in [-0.25, -0.2) is 9.97 Å². The van der Waals surface area contributed by atoms with Crippen LogP contribution in [-0.2, 0) is 0 Å². The lowest BCUT2D eigenvalue weighted by molar-refractivity contribution is 0.0945. The summed E-state index contributed by atoms with van der Waals surface area (Å²) in [5, 5.41) is 17.9. The molecule has 8 nitrogen and oxygen atoms in total. The van der Waals surface area contributed by atoms with Crippen LogP contribution in [0.15, 0.2) is 65.8 Å². The van der Waals surface area contributed by atoms with Crippen molar-refractivity contribution in [3.63, 3.8) is 0 Å². The van der Waals surface area contributed by atoms with Gasteiger partial charge in [0.25, 0.3) is 5.91 Å². The van der Waals surface area contributed by atoms with Crippen molar-refractivity contribution in [3.8, 4) is 0 Å². The van der Waals surface area contributed by atoms with Crippen molar-refractivity contribution >= 4 is 40.9 Å². The normalized spacial score (nSPS) is 10.4. The van der Waals surface area contributed by atoms with Crippen LogP contribution in [0, 0.1) is 0 Å². The van der Waals surface area contributed by atoms with E-state index in [0.717, 1.165) is 16.3 Å². The summed E-state index contributed by atoms with van der Waals surface area (Å²) in [6.45, 7) is 0.139. The Hall–Kier alpha value is -3.14. The van der Waals surface area contributed by atoms with Gasteiger partial charge in [0.05, 0.1) is 6.61 Å². The highest BCUT2D eigenvalue weighted by atomic mass is 32.2. The van der Waals surface area contributed by atoms with Crippen molar-refractivity contribution < 1.29 is 9.90 Å². The molecule has 0 radical (unpaired) electrons. The number of hydrogen-bond acceptors (Lipinski definition) is 8. The number of hydrogen-bond donors (Lipinski definition) is 5. The zero-order valence-corrected chi connectivity index (χ0v) is 16.7. The number of aromatic nitrogens is 2. The van der Waals surface area contributed by atoms with Crippen LogP contribution in [0.1, 0.15) is 10.4 Å². The maximum atomic E-state index is 11.9. The van der Waals surface area contributed by atoms with Gasteiger partial charge in [-0.3, -0.25) is 9.52 Å². The number of nitrogens with zero attached hydrogens (tertiary/aromatic N) is 2. The van der Waals surface area contributed by atoms with E-state index in [9.17, 15) is 4.79 Å². The third-order valence-corrected chi connectivity index (χ3v) is 4.50. The standard InChI is InChI=1S/C20H22N6O2S/c1-21-29-17-4-2-3-16(11-17)26-19-12-18(23-13-24-19)25-15-7-5-14(6-8-15)20(28)22-9-10-27/h2-8,11-13,21,27H,9-10H2,1H3,(H,22,28)(H2,23,24,25,26). The first-order chi connectivity index (χ1) is 14.2. The van der Waals surface area contributed by atoms with Gasteiger partial charge >= 0.3 is 0 Å². The van der Waals surface area contributed by atoms with Crippen LogP contribution in [0.25, 0.3) is 0 Å². The number of amides is 1. The third-order valence-electron chi connectivity index (χ3n) is 3.81. The average Bonchev–Trinajstić information content (AvgIpc) is 2.73. The van der Waals surface area contributed by atoms with Gasteiger partial charge in [0, 0.05) is 34.4 Å². The monoisotopic (exact) mass is 410 g/mol. The third kappa shape index (κ3) is 6.18. The quantitative estimate of drug-likeness (QED) is 0.343. The topological polar surface area (TPSA) is 111 Å². The lowest BCUT2D eigenvalue weighted by Crippen LogP contribution is -2.26. The Kier molecular flexibility index (Phi) is 7.40. The number of aliphatic hydroxyl groups is 1. The highest BCUT2D eigenvalue weighted by Crippen LogP contribution is 2.23. The fourth-order valence-electron chi connectivity index (χ4n) is 2.52. The molecule has 0 saturated heterocycles. The summed E-state index contributed by atoms with van der Waals surface area (Å²) < 4.78 is 3.05. The number of nitrogens with one attached hydrogen (secondary N) is 4. The zero-order valence-electron chi connectivity index (χ0n) is 15.8. The molecule has 0 atom stereocenters. The molecule has 0 fully saturated rings. The molecule has 0 bridgehead atoms. The van der Waals surface area contributed by atoms with Crippen LogP contribution in [0.2, 0.25) is 0 Å². The lowest BCUT2D eigenvalue weighted by Gasteiger charge is -2.10. The summed E-state index contributed by atoms with van der Waals surface area (Å²) in [7, 11) is 1.88. The summed E-state index contributed by atoms with van der Waals surface area (Å²) in [5.74, 6) is 1.06. The predicted octanol–water partition coefficient (Wildman–Crippen LogP) is 2.91. The van der Waals surface area contributed by atoms with Gasteiger partial charge in [-0.15, -0.1) is 0 Å². The number of benzene rings is 2. The molecule has 1 aromatic heterocycles. The van der Waals surface area contributed by atoms with E-state index in [0.29, 0.717) is 17.2 Å². The molecule has 0 aliphatic heterocycles. The Morgan fingerprint density at radius 2 is 1.72 bits per heavy atom. The molecule has 1 amide bonds. The molecular weight excluding hydrogens is 388 g/mol. The number of carbonyl (C=O) groups excluding carboxylic acids is 1. The number of rotatable bonds is 9. The molecule has 0 unspecified atom stereocenters. The highest BCUT2D eigenvalue weighted by Gasteiger charge is 2.05. The van der Waals surface area contributed by atoms with Gasteiger partial charge in [-0.1, -0.05) is 6.07 Å². The highest BCUT2D eigenvalue weighted by molar-refractivity contribution is 7.97. The van der Waals surface area contributed by atoms with Crippen molar-refractivity contribution in [1.29, 1.82) is 0 Å². The minimum absolute atomic E-state index is 0.0892. The summed E-state index contributed by atoms with van der Waals surface area (Å²) in [4.78, 5) is 21.5. The van der Waals surface area contributed by atoms with Crippen LogP contribution < -0.4 is 20.7 Å². The SMILES string of the molecule is CNSc1cccc(Nc2cc(Nc3ccc(C(=O)NCCO)cc3)ncn2)c1. The molecule has 0 aliphatic rings. The van der Waals surface area contributed by atoms with E-state index in [1.165, 1.54) is 18.3 Å². The summed E-state index contributed by atoms with van der Waals surface area (Å²) >= 11 is 1.54. The molecule has 0 spiro atoms. The molecule has 3 rings (SSSR count). The van der Waals surface area contributed by atoms with E-state index in [4.69, 9.17) is 5.11 Å². The zero-order chi connectivity index (χ0) is 20.5. The van der Waals surface area contributed by atoms with Crippen LogP contribution in [0.3, 0.4) is 0 Å². The molecule has 9 heteroatoms. The maximum Gasteiger partial charge on any atom is 0.251 e. The minimum atomic E-state index is -0.224. The fraction of sp³-hybridized carbons (Fsp3) is 0.150. The first-order valence-electron chi connectivity index (χ1n) is 8.97. The van der Waals surface area contributed by atoms with E-state index in [1.807, 2.05) is 31.3 Å². The Labute approximate surface area is 173 Å². The van der Waals surface area contributed by atoms with Gasteiger partial charge in [0.1, 0.15) is 18.0 Å². The van der Waals surface area contributed by atoms with Crippen molar-refractivity contribution in [2.45, 2.75) is 4.90 Å². The Bertz CT molecular complexity index is 952. The first-order valence-corrected chi connectivity index (χ1v) is 9.78. The summed E-state index contributed by atoms with van der Waals surface area (Å²) in [5.41, 5.74) is 2.24. The second-order valence-electron chi connectivity index (χ2n) is 5.93. The van der Waals surface area contributed by atoms with E-state index < -0.39 is 0 Å². The fourth-order valence-corrected chi connectivity index (χ4v) is 3.09. The number of anilines is 4. The Morgan fingerprint density at radius 3 is 2.41 bits per heavy atom. The van der Waals surface area contributed by atoms with Crippen molar-refractivity contribution in [3.05, 3.63) is 66.5 Å². The summed E-state index contributed by atoms with van der Waals surface area (Å²) in [6, 6.07) is 16.8. The molecule has 0 aliphatic carbocycles. The minimum Gasteiger partial charge on any atom is -0.395 e. The van der Waals surface area contributed by atoms with Crippen molar-refractivity contribution in [2.75, 3.05) is 30.8 Å². The van der Waals surface area contributed by atoms with Gasteiger partial charge in [0.15, 0.2) is 0 Å². The van der Waals surface area contributed by atoms with E-state index in [1.54, 1.807) is 30.3 Å². The smallest absolute Gasteiger partial charge is 0.251 e. The van der Waals surface area contributed by atoms with Crippen molar-refractivity contribution in [1.82, 2.24) is 20.0 Å². The van der Waals surface area contributed by atoms with Gasteiger partial charge in [-0.2, -0.15) is 0 Å². The molecule has 29 heavy (non-hydrogen) atoms. The molecule has 5 N–H and O–H groups in total.